The summed E-state index contributed by atoms with van der Waals surface area (Å²) in [4.78, 5) is 0. The van der Waals surface area contributed by atoms with Crippen LogP contribution in [0.25, 0.3) is 0 Å². The van der Waals surface area contributed by atoms with Crippen LogP contribution in [-0.2, 0) is 36.2 Å². The van der Waals surface area contributed by atoms with Gasteiger partial charge in [-0.3, -0.25) is 0 Å². The van der Waals surface area contributed by atoms with Gasteiger partial charge in [-0.2, -0.15) is 4.31 Å². The molecular weight excluding hydrogens is 378 g/mol. The third-order valence-corrected chi connectivity index (χ3v) is 10.5. The predicted octanol–water partition coefficient (Wildman–Crippen LogP) is -0.214. The van der Waals surface area contributed by atoms with Crippen LogP contribution in [0, 0.1) is 0 Å². The first kappa shape index (κ1) is 17.9. The van der Waals surface area contributed by atoms with Gasteiger partial charge in [-0.15, -0.1) is 0 Å². The minimum absolute atomic E-state index is 0.0405. The Hall–Kier alpha value is -0.910. The summed E-state index contributed by atoms with van der Waals surface area (Å²) in [5, 5.41) is -1.03. The van der Waals surface area contributed by atoms with E-state index in [9.17, 15) is 25.3 Å². The molecule has 1 aromatic rings. The van der Waals surface area contributed by atoms with E-state index in [4.69, 9.17) is 4.42 Å². The Kier molecular flexibility index (Phi) is 4.56. The first-order valence-electron chi connectivity index (χ1n) is 7.53. The van der Waals surface area contributed by atoms with E-state index >= 15 is 0 Å². The zero-order chi connectivity index (χ0) is 17.6. The lowest BCUT2D eigenvalue weighted by atomic mass is 10.2. The summed E-state index contributed by atoms with van der Waals surface area (Å²) in [7, 11) is -10.6. The van der Waals surface area contributed by atoms with Crippen molar-refractivity contribution in [1.29, 1.82) is 0 Å². The van der Waals surface area contributed by atoms with Crippen LogP contribution in [0.4, 0.5) is 0 Å². The Balaban J connectivity index is 1.91. The highest BCUT2D eigenvalue weighted by Crippen LogP contribution is 2.29. The molecule has 3 rings (SSSR count). The lowest BCUT2D eigenvalue weighted by Gasteiger charge is -2.29. The maximum absolute atomic E-state index is 13.0. The highest BCUT2D eigenvalue weighted by molar-refractivity contribution is 7.95. The molecule has 136 valence electrons. The molecule has 0 spiro atoms. The molecule has 2 aliphatic heterocycles. The Morgan fingerprint density at radius 2 is 1.75 bits per heavy atom. The minimum Gasteiger partial charge on any atom is -0.468 e. The van der Waals surface area contributed by atoms with E-state index in [1.807, 2.05) is 0 Å². The molecule has 0 bridgehead atoms. The van der Waals surface area contributed by atoms with E-state index in [1.54, 1.807) is 12.1 Å². The van der Waals surface area contributed by atoms with Gasteiger partial charge < -0.3 is 4.42 Å². The van der Waals surface area contributed by atoms with Gasteiger partial charge in [0.05, 0.1) is 41.1 Å². The largest absolute Gasteiger partial charge is 0.468 e. The van der Waals surface area contributed by atoms with Crippen molar-refractivity contribution in [2.24, 2.45) is 0 Å². The van der Waals surface area contributed by atoms with E-state index in [-0.39, 0.29) is 36.6 Å². The molecule has 0 radical (unpaired) electrons. The molecule has 0 N–H and O–H groups in total. The van der Waals surface area contributed by atoms with Gasteiger partial charge in [0.15, 0.2) is 19.7 Å². The second kappa shape index (κ2) is 6.11. The molecule has 11 heteroatoms. The van der Waals surface area contributed by atoms with Gasteiger partial charge in [0.25, 0.3) is 0 Å². The van der Waals surface area contributed by atoms with Crippen LogP contribution in [0.5, 0.6) is 0 Å². The Morgan fingerprint density at radius 3 is 2.25 bits per heavy atom. The van der Waals surface area contributed by atoms with Crippen LogP contribution >= 0.6 is 0 Å². The summed E-state index contributed by atoms with van der Waals surface area (Å²) in [6.07, 6.45) is 1.66. The lowest BCUT2D eigenvalue weighted by Crippen LogP contribution is -2.45. The number of sulfone groups is 2. The van der Waals surface area contributed by atoms with Gasteiger partial charge >= 0.3 is 0 Å². The Labute approximate surface area is 141 Å². The summed E-state index contributed by atoms with van der Waals surface area (Å²) in [5.41, 5.74) is 0. The first-order valence-corrected chi connectivity index (χ1v) is 12.7. The van der Waals surface area contributed by atoms with E-state index < -0.39 is 46.7 Å². The smallest absolute Gasteiger partial charge is 0.218 e. The molecule has 24 heavy (non-hydrogen) atoms. The molecule has 1 aromatic heterocycles. The van der Waals surface area contributed by atoms with Crippen molar-refractivity contribution in [1.82, 2.24) is 4.31 Å². The fraction of sp³-hybridized carbons (Fsp3) is 0.692. The van der Waals surface area contributed by atoms with E-state index in [0.29, 0.717) is 5.76 Å². The fourth-order valence-electron chi connectivity index (χ4n) is 3.17. The van der Waals surface area contributed by atoms with Gasteiger partial charge in [-0.05, 0) is 25.0 Å². The molecule has 2 unspecified atom stereocenters. The topological polar surface area (TPSA) is 119 Å². The molecule has 0 saturated carbocycles. The van der Waals surface area contributed by atoms with E-state index in [1.165, 1.54) is 6.26 Å². The van der Waals surface area contributed by atoms with Crippen LogP contribution in [0.2, 0.25) is 0 Å². The predicted molar refractivity (Wildman–Crippen MR) is 87.3 cm³/mol. The number of hydrogen-bond acceptors (Lipinski definition) is 7. The molecule has 2 saturated heterocycles. The third-order valence-electron chi connectivity index (χ3n) is 4.45. The van der Waals surface area contributed by atoms with E-state index in [2.05, 4.69) is 0 Å². The number of sulfonamides is 1. The van der Waals surface area contributed by atoms with Gasteiger partial charge in [0.1, 0.15) is 5.76 Å². The Bertz CT molecular complexity index is 901. The zero-order valence-electron chi connectivity index (χ0n) is 12.9. The van der Waals surface area contributed by atoms with Crippen LogP contribution < -0.4 is 0 Å². The minimum atomic E-state index is -3.95. The number of nitrogens with zero attached hydrogens (tertiary/aromatic N) is 1. The summed E-state index contributed by atoms with van der Waals surface area (Å²) in [5.74, 6) is -0.487. The molecule has 0 aliphatic carbocycles. The molecular formula is C13H19NO7S3. The maximum Gasteiger partial charge on any atom is 0.218 e. The summed E-state index contributed by atoms with van der Waals surface area (Å²) in [6, 6.07) is 2.54. The molecule has 8 nitrogen and oxygen atoms in total. The SMILES string of the molecule is O=S1(=O)CCC(N(Cc2ccco2)S(=O)(=O)C2CCS(=O)(=O)C2)C1. The second-order valence-electron chi connectivity index (χ2n) is 6.25. The molecule has 0 aromatic carbocycles. The average Bonchev–Trinajstić information content (AvgIpc) is 3.16. The Morgan fingerprint density at radius 1 is 1.08 bits per heavy atom. The number of furan rings is 1. The summed E-state index contributed by atoms with van der Waals surface area (Å²) < 4.78 is 79.1. The van der Waals surface area contributed by atoms with Gasteiger partial charge in [0.2, 0.25) is 10.0 Å². The van der Waals surface area contributed by atoms with Crippen molar-refractivity contribution >= 4 is 29.7 Å². The quantitative estimate of drug-likeness (QED) is 0.674. The highest BCUT2D eigenvalue weighted by Gasteiger charge is 2.45. The van der Waals surface area contributed by atoms with Crippen LogP contribution in [0.15, 0.2) is 22.8 Å². The van der Waals surface area contributed by atoms with Gasteiger partial charge in [-0.25, -0.2) is 25.3 Å². The van der Waals surface area contributed by atoms with Crippen molar-refractivity contribution in [2.75, 3.05) is 23.0 Å². The summed E-state index contributed by atoms with van der Waals surface area (Å²) >= 11 is 0. The summed E-state index contributed by atoms with van der Waals surface area (Å²) in [6.45, 7) is -0.0912. The van der Waals surface area contributed by atoms with E-state index in [0.717, 1.165) is 4.31 Å². The standard InChI is InChI=1S/C13H19NO7S3/c15-22(16)6-3-11(9-22)14(8-12-2-1-5-21-12)24(19,20)13-4-7-23(17,18)10-13/h1-2,5,11,13H,3-4,6-10H2. The van der Waals surface area contributed by atoms with Crippen molar-refractivity contribution in [2.45, 2.75) is 30.7 Å². The van der Waals surface area contributed by atoms with Crippen molar-refractivity contribution in [3.63, 3.8) is 0 Å². The molecule has 3 heterocycles. The lowest BCUT2D eigenvalue weighted by molar-refractivity contribution is 0.304. The van der Waals surface area contributed by atoms with Crippen LogP contribution in [0.3, 0.4) is 0 Å². The molecule has 2 aliphatic rings. The maximum atomic E-state index is 13.0. The van der Waals surface area contributed by atoms with Crippen molar-refractivity contribution in [3.8, 4) is 0 Å². The van der Waals surface area contributed by atoms with Crippen molar-refractivity contribution < 1.29 is 29.7 Å². The van der Waals surface area contributed by atoms with Gasteiger partial charge in [0, 0.05) is 6.04 Å². The molecule has 2 atom stereocenters. The van der Waals surface area contributed by atoms with Crippen LogP contribution in [0.1, 0.15) is 18.6 Å². The average molecular weight is 397 g/mol. The van der Waals surface area contributed by atoms with Crippen LogP contribution in [-0.4, -0.2) is 63.9 Å². The number of hydrogen-bond donors (Lipinski definition) is 0. The third kappa shape index (κ3) is 3.68. The highest BCUT2D eigenvalue weighted by atomic mass is 32.2. The monoisotopic (exact) mass is 397 g/mol. The second-order valence-corrected chi connectivity index (χ2v) is 12.9. The normalized spacial score (nSPS) is 29.2. The fourth-order valence-corrected chi connectivity index (χ4v) is 9.70. The zero-order valence-corrected chi connectivity index (χ0v) is 15.3. The van der Waals surface area contributed by atoms with Crippen molar-refractivity contribution in [3.05, 3.63) is 24.2 Å². The molecule has 2 fully saturated rings. The first-order chi connectivity index (χ1) is 11.1. The van der Waals surface area contributed by atoms with Gasteiger partial charge in [-0.1, -0.05) is 0 Å². The number of rotatable bonds is 5. The molecule has 0 amide bonds.